The maximum absolute atomic E-state index is 11.5. The second-order valence-electron chi connectivity index (χ2n) is 7.89. The monoisotopic (exact) mass is 467 g/mol. The maximum atomic E-state index is 11.5. The fraction of sp³-hybridized carbons (Fsp3) is 0.273. The maximum Gasteiger partial charge on any atom is 0.315 e. The number of furan rings is 1. The molecule has 1 aromatic carbocycles. The Kier molecular flexibility index (Phi) is 5.56. The first kappa shape index (κ1) is 21.2. The van der Waals surface area contributed by atoms with Gasteiger partial charge in [0.25, 0.3) is 11.7 Å². The van der Waals surface area contributed by atoms with Crippen LogP contribution in [0.15, 0.2) is 47.2 Å². The number of hydrogen-bond donors (Lipinski definition) is 2. The standard InChI is InChI=1S/C21H19N5O3S.CH2O2/c22-20(27)26-10-13-6-14(26)9-25(13)8-12-11-28-17-7-15(3-4-16(12)17)29-21-24-19-18(30-21)2-1-5-23-19;2-1-3/h1-5,7,11,13-14H,6,8-10H2,(H2,22,27);1H,(H,2,3)/t13-,14-;/m0./s1. The molecule has 2 aliphatic rings. The van der Waals surface area contributed by atoms with Crippen LogP contribution < -0.4 is 10.5 Å². The van der Waals surface area contributed by atoms with Gasteiger partial charge in [0.05, 0.1) is 11.0 Å². The normalized spacial score (nSPS) is 19.6. The first-order valence-corrected chi connectivity index (χ1v) is 11.1. The van der Waals surface area contributed by atoms with E-state index < -0.39 is 0 Å². The van der Waals surface area contributed by atoms with E-state index in [2.05, 4.69) is 14.9 Å². The van der Waals surface area contributed by atoms with Crippen molar-refractivity contribution in [3.05, 3.63) is 48.4 Å². The number of rotatable bonds is 4. The molecule has 3 aromatic heterocycles. The number of carboxylic acid groups (broad SMARTS) is 1. The molecular formula is C22H21N5O5S. The minimum absolute atomic E-state index is 0.231. The number of fused-ring (bicyclic) bond motifs is 4. The summed E-state index contributed by atoms with van der Waals surface area (Å²) in [6.07, 6.45) is 4.53. The molecule has 2 amide bonds. The molecule has 3 N–H and O–H groups in total. The molecule has 0 radical (unpaired) electrons. The van der Waals surface area contributed by atoms with Crippen molar-refractivity contribution in [2.24, 2.45) is 5.73 Å². The van der Waals surface area contributed by atoms with Crippen molar-refractivity contribution >= 4 is 45.2 Å². The van der Waals surface area contributed by atoms with Crippen molar-refractivity contribution in [3.63, 3.8) is 0 Å². The lowest BCUT2D eigenvalue weighted by molar-refractivity contribution is -0.122. The molecule has 11 heteroatoms. The van der Waals surface area contributed by atoms with Gasteiger partial charge in [-0.1, -0.05) is 11.3 Å². The highest BCUT2D eigenvalue weighted by atomic mass is 32.1. The van der Waals surface area contributed by atoms with E-state index in [1.54, 1.807) is 11.1 Å². The molecule has 0 unspecified atom stereocenters. The van der Waals surface area contributed by atoms with Crippen molar-refractivity contribution in [3.8, 4) is 10.9 Å². The van der Waals surface area contributed by atoms with Gasteiger partial charge >= 0.3 is 6.03 Å². The number of hydrogen-bond acceptors (Lipinski definition) is 8. The van der Waals surface area contributed by atoms with Crippen molar-refractivity contribution in [2.45, 2.75) is 25.0 Å². The number of thiazole rings is 1. The van der Waals surface area contributed by atoms with Crippen molar-refractivity contribution < 1.29 is 23.8 Å². The third-order valence-electron chi connectivity index (χ3n) is 5.99. The topological polar surface area (TPSA) is 135 Å². The highest BCUT2D eigenvalue weighted by Gasteiger charge is 2.44. The van der Waals surface area contributed by atoms with Crippen LogP contribution >= 0.6 is 11.3 Å². The smallest absolute Gasteiger partial charge is 0.315 e. The van der Waals surface area contributed by atoms with Crippen LogP contribution in [0.25, 0.3) is 21.3 Å². The van der Waals surface area contributed by atoms with Gasteiger partial charge in [-0.15, -0.1) is 0 Å². The molecule has 2 bridgehead atoms. The van der Waals surface area contributed by atoms with Gasteiger partial charge in [-0.25, -0.2) is 9.78 Å². The fourth-order valence-corrected chi connectivity index (χ4v) is 5.37. The van der Waals surface area contributed by atoms with Gasteiger partial charge in [0, 0.05) is 54.9 Å². The van der Waals surface area contributed by atoms with Crippen molar-refractivity contribution in [1.82, 2.24) is 19.8 Å². The minimum atomic E-state index is -0.313. The number of benzene rings is 1. The zero-order valence-corrected chi connectivity index (χ0v) is 18.3. The second kappa shape index (κ2) is 8.68. The van der Waals surface area contributed by atoms with Crippen LogP contribution in [0.2, 0.25) is 0 Å². The summed E-state index contributed by atoms with van der Waals surface area (Å²) < 4.78 is 12.7. The minimum Gasteiger partial charge on any atom is -0.483 e. The number of aromatic nitrogens is 2. The average Bonchev–Trinajstić information content (AvgIpc) is 3.56. The third-order valence-corrected chi connectivity index (χ3v) is 6.88. The summed E-state index contributed by atoms with van der Waals surface area (Å²) in [6, 6.07) is 10.00. The van der Waals surface area contributed by atoms with Gasteiger partial charge < -0.3 is 24.9 Å². The number of pyridine rings is 1. The Bertz CT molecular complexity index is 1290. The lowest BCUT2D eigenvalue weighted by Gasteiger charge is -2.33. The van der Waals surface area contributed by atoms with Crippen molar-refractivity contribution in [2.75, 3.05) is 13.1 Å². The van der Waals surface area contributed by atoms with E-state index in [0.29, 0.717) is 29.2 Å². The Morgan fingerprint density at radius 3 is 2.91 bits per heavy atom. The third kappa shape index (κ3) is 4.08. The van der Waals surface area contributed by atoms with E-state index in [9.17, 15) is 4.79 Å². The van der Waals surface area contributed by atoms with E-state index in [-0.39, 0.29) is 18.5 Å². The van der Waals surface area contributed by atoms with Crippen molar-refractivity contribution in [1.29, 1.82) is 0 Å². The molecule has 5 heterocycles. The first-order valence-electron chi connectivity index (χ1n) is 10.3. The van der Waals surface area contributed by atoms with E-state index in [1.807, 2.05) is 36.6 Å². The summed E-state index contributed by atoms with van der Waals surface area (Å²) in [5, 5.41) is 8.52. The number of carbonyl (C=O) groups is 2. The van der Waals surface area contributed by atoms with E-state index in [0.717, 1.165) is 40.7 Å². The zero-order valence-electron chi connectivity index (χ0n) is 17.5. The van der Waals surface area contributed by atoms with E-state index >= 15 is 0 Å². The Morgan fingerprint density at radius 2 is 2.18 bits per heavy atom. The van der Waals surface area contributed by atoms with Crippen LogP contribution in [0.4, 0.5) is 4.79 Å². The number of amides is 2. The number of urea groups is 1. The predicted molar refractivity (Wildman–Crippen MR) is 121 cm³/mol. The molecule has 2 aliphatic heterocycles. The summed E-state index contributed by atoms with van der Waals surface area (Å²) in [5.41, 5.74) is 8.07. The molecule has 33 heavy (non-hydrogen) atoms. The van der Waals surface area contributed by atoms with Gasteiger partial charge in [0.2, 0.25) is 0 Å². The van der Waals surface area contributed by atoms with Gasteiger partial charge in [0.1, 0.15) is 11.3 Å². The zero-order chi connectivity index (χ0) is 22.9. The summed E-state index contributed by atoms with van der Waals surface area (Å²) in [4.78, 5) is 32.7. The predicted octanol–water partition coefficient (Wildman–Crippen LogP) is 3.27. The number of carbonyl (C=O) groups excluding carboxylic acids is 1. The molecule has 170 valence electrons. The summed E-state index contributed by atoms with van der Waals surface area (Å²) in [7, 11) is 0. The highest BCUT2D eigenvalue weighted by molar-refractivity contribution is 7.20. The molecule has 2 atom stereocenters. The van der Waals surface area contributed by atoms with E-state index in [1.165, 1.54) is 11.3 Å². The largest absolute Gasteiger partial charge is 0.483 e. The molecule has 10 nitrogen and oxygen atoms in total. The average molecular weight is 468 g/mol. The number of piperazine rings is 1. The number of ether oxygens (including phenoxy) is 1. The molecule has 6 rings (SSSR count). The van der Waals surface area contributed by atoms with Crippen LogP contribution in [-0.2, 0) is 11.3 Å². The highest BCUT2D eigenvalue weighted by Crippen LogP contribution is 2.35. The molecule has 2 saturated heterocycles. The SMILES string of the molecule is NC(=O)N1C[C@@H]2C[C@H]1CN2Cc1coc2cc(Oc3nc4ncccc4s3)ccc12.O=CO. The molecule has 0 spiro atoms. The lowest BCUT2D eigenvalue weighted by Crippen LogP contribution is -2.50. The number of nitrogens with two attached hydrogens (primary N) is 1. The molecule has 4 aromatic rings. The van der Waals surface area contributed by atoms with Crippen LogP contribution in [0.3, 0.4) is 0 Å². The van der Waals surface area contributed by atoms with Crippen LogP contribution in [-0.4, -0.2) is 62.6 Å². The molecular weight excluding hydrogens is 446 g/mol. The van der Waals surface area contributed by atoms with Crippen LogP contribution in [0.5, 0.6) is 10.9 Å². The molecule has 0 aliphatic carbocycles. The fourth-order valence-electron chi connectivity index (χ4n) is 4.57. The quantitative estimate of drug-likeness (QED) is 0.437. The van der Waals surface area contributed by atoms with Gasteiger partial charge in [-0.2, -0.15) is 4.98 Å². The summed E-state index contributed by atoms with van der Waals surface area (Å²) in [6.45, 7) is 2.11. The Labute approximate surface area is 192 Å². The van der Waals surface area contributed by atoms with Crippen LogP contribution in [0.1, 0.15) is 12.0 Å². The number of nitrogens with zero attached hydrogens (tertiary/aromatic N) is 4. The van der Waals surface area contributed by atoms with Crippen LogP contribution in [0, 0.1) is 0 Å². The Morgan fingerprint density at radius 1 is 1.33 bits per heavy atom. The molecule has 2 fully saturated rings. The van der Waals surface area contributed by atoms with Gasteiger partial charge in [-0.05, 0) is 30.7 Å². The van der Waals surface area contributed by atoms with Gasteiger partial charge in [-0.3, -0.25) is 9.69 Å². The lowest BCUT2D eigenvalue weighted by atomic mass is 10.1. The van der Waals surface area contributed by atoms with E-state index in [4.69, 9.17) is 24.8 Å². The number of likely N-dealkylation sites (tertiary alicyclic amines) is 2. The first-order chi connectivity index (χ1) is 16.1. The Balaban J connectivity index is 0.000000724. The van der Waals surface area contributed by atoms with Gasteiger partial charge in [0.15, 0.2) is 5.65 Å². The summed E-state index contributed by atoms with van der Waals surface area (Å²) >= 11 is 1.46. The second-order valence-corrected chi connectivity index (χ2v) is 8.89. The molecule has 0 saturated carbocycles. The Hall–Kier alpha value is -3.70. The number of primary amides is 1. The summed E-state index contributed by atoms with van der Waals surface area (Å²) in [5.74, 6) is 0.680.